The third kappa shape index (κ3) is 3.72. The highest BCUT2D eigenvalue weighted by Gasteiger charge is 2.35. The highest BCUT2D eigenvalue weighted by molar-refractivity contribution is 7.86. The smallest absolute Gasteiger partial charge is 0.282 e. The molecule has 0 amide bonds. The summed E-state index contributed by atoms with van der Waals surface area (Å²) in [6.07, 6.45) is 7.98. The molecule has 0 unspecified atom stereocenters. The molecule has 0 bridgehead atoms. The van der Waals surface area contributed by atoms with Gasteiger partial charge in [0.2, 0.25) is 0 Å². The van der Waals surface area contributed by atoms with Crippen LogP contribution < -0.4 is 5.73 Å². The van der Waals surface area contributed by atoms with Crippen molar-refractivity contribution in [2.24, 2.45) is 5.73 Å². The summed E-state index contributed by atoms with van der Waals surface area (Å²) in [4.78, 5) is 0. The molecule has 2 fully saturated rings. The molecule has 0 aromatic heterocycles. The summed E-state index contributed by atoms with van der Waals surface area (Å²) < 4.78 is 29.2. The fourth-order valence-corrected chi connectivity index (χ4v) is 5.35. The van der Waals surface area contributed by atoms with Gasteiger partial charge in [0.25, 0.3) is 10.2 Å². The Morgan fingerprint density at radius 1 is 1.05 bits per heavy atom. The zero-order chi connectivity index (χ0) is 14.6. The van der Waals surface area contributed by atoms with Gasteiger partial charge in [0, 0.05) is 31.7 Å². The number of nitrogens with zero attached hydrogens (tertiary/aromatic N) is 2. The van der Waals surface area contributed by atoms with Gasteiger partial charge in [-0.15, -0.1) is 0 Å². The molecule has 2 aliphatic rings. The second kappa shape index (κ2) is 7.20. The third-order valence-corrected chi connectivity index (χ3v) is 6.81. The first-order valence-corrected chi connectivity index (χ1v) is 9.48. The van der Waals surface area contributed by atoms with Gasteiger partial charge in [-0.1, -0.05) is 19.8 Å². The van der Waals surface area contributed by atoms with Gasteiger partial charge in [-0.25, -0.2) is 0 Å². The topological polar surface area (TPSA) is 66.6 Å². The standard InChI is InChI=1S/C14H29N3O2S/c1-2-17(14-9-7-13(15)8-10-14)20(18,19)16-11-5-3-4-6-12-16/h13-14H,2-12,15H2,1H3. The molecule has 1 aliphatic carbocycles. The van der Waals surface area contributed by atoms with Gasteiger partial charge < -0.3 is 5.73 Å². The lowest BCUT2D eigenvalue weighted by molar-refractivity contribution is 0.230. The largest absolute Gasteiger partial charge is 0.328 e. The molecule has 20 heavy (non-hydrogen) atoms. The first-order chi connectivity index (χ1) is 9.55. The molecule has 1 saturated carbocycles. The third-order valence-electron chi connectivity index (χ3n) is 4.65. The highest BCUT2D eigenvalue weighted by Crippen LogP contribution is 2.26. The molecule has 2 rings (SSSR count). The van der Waals surface area contributed by atoms with Crippen molar-refractivity contribution in [2.75, 3.05) is 19.6 Å². The molecule has 1 heterocycles. The highest BCUT2D eigenvalue weighted by atomic mass is 32.2. The van der Waals surface area contributed by atoms with Crippen molar-refractivity contribution >= 4 is 10.2 Å². The Morgan fingerprint density at radius 3 is 2.10 bits per heavy atom. The van der Waals surface area contributed by atoms with Crippen molar-refractivity contribution in [3.63, 3.8) is 0 Å². The zero-order valence-corrected chi connectivity index (χ0v) is 13.4. The van der Waals surface area contributed by atoms with Gasteiger partial charge in [0.05, 0.1) is 0 Å². The minimum absolute atomic E-state index is 0.146. The second-order valence-corrected chi connectivity index (χ2v) is 7.97. The van der Waals surface area contributed by atoms with Gasteiger partial charge in [-0.2, -0.15) is 17.0 Å². The maximum atomic E-state index is 12.9. The van der Waals surface area contributed by atoms with Crippen molar-refractivity contribution in [1.29, 1.82) is 0 Å². The van der Waals surface area contributed by atoms with Gasteiger partial charge in [-0.05, 0) is 38.5 Å². The molecule has 0 atom stereocenters. The predicted molar refractivity (Wildman–Crippen MR) is 81.6 cm³/mol. The van der Waals surface area contributed by atoms with E-state index in [1.807, 2.05) is 6.92 Å². The van der Waals surface area contributed by atoms with Crippen LogP contribution in [0.15, 0.2) is 0 Å². The van der Waals surface area contributed by atoms with E-state index >= 15 is 0 Å². The van der Waals surface area contributed by atoms with Crippen molar-refractivity contribution in [3.8, 4) is 0 Å². The van der Waals surface area contributed by atoms with Crippen LogP contribution in [0.1, 0.15) is 58.3 Å². The molecule has 1 aliphatic heterocycles. The minimum Gasteiger partial charge on any atom is -0.328 e. The molecular weight excluding hydrogens is 274 g/mol. The number of hydrogen-bond donors (Lipinski definition) is 1. The summed E-state index contributed by atoms with van der Waals surface area (Å²) in [6.45, 7) is 3.89. The van der Waals surface area contributed by atoms with Crippen LogP contribution in [-0.2, 0) is 10.2 Å². The average molecular weight is 303 g/mol. The van der Waals surface area contributed by atoms with Crippen molar-refractivity contribution < 1.29 is 8.42 Å². The number of nitrogens with two attached hydrogens (primary N) is 1. The van der Waals surface area contributed by atoms with Crippen molar-refractivity contribution in [3.05, 3.63) is 0 Å². The Kier molecular flexibility index (Phi) is 5.84. The fraction of sp³-hybridized carbons (Fsp3) is 1.00. The molecule has 0 aromatic rings. The van der Waals surface area contributed by atoms with Crippen LogP contribution in [0.2, 0.25) is 0 Å². The van der Waals surface area contributed by atoms with E-state index < -0.39 is 10.2 Å². The Bertz CT molecular complexity index is 383. The van der Waals surface area contributed by atoms with Crippen molar-refractivity contribution in [1.82, 2.24) is 8.61 Å². The van der Waals surface area contributed by atoms with E-state index in [-0.39, 0.29) is 12.1 Å². The van der Waals surface area contributed by atoms with Gasteiger partial charge in [-0.3, -0.25) is 0 Å². The van der Waals surface area contributed by atoms with Crippen LogP contribution in [0.4, 0.5) is 0 Å². The summed E-state index contributed by atoms with van der Waals surface area (Å²) in [5.74, 6) is 0. The van der Waals surface area contributed by atoms with E-state index in [1.54, 1.807) is 8.61 Å². The summed E-state index contributed by atoms with van der Waals surface area (Å²) in [7, 11) is -3.29. The Labute approximate surface area is 123 Å². The van der Waals surface area contributed by atoms with E-state index in [0.717, 1.165) is 51.4 Å². The van der Waals surface area contributed by atoms with E-state index in [0.29, 0.717) is 19.6 Å². The summed E-state index contributed by atoms with van der Waals surface area (Å²) in [5, 5.41) is 0. The summed E-state index contributed by atoms with van der Waals surface area (Å²) >= 11 is 0. The summed E-state index contributed by atoms with van der Waals surface area (Å²) in [6, 6.07) is 0.402. The van der Waals surface area contributed by atoms with Crippen LogP contribution in [0.5, 0.6) is 0 Å². The lowest BCUT2D eigenvalue weighted by Crippen LogP contribution is -2.50. The first kappa shape index (κ1) is 16.2. The van der Waals surface area contributed by atoms with E-state index in [1.165, 1.54) is 0 Å². The van der Waals surface area contributed by atoms with Gasteiger partial charge in [0.15, 0.2) is 0 Å². The lowest BCUT2D eigenvalue weighted by Gasteiger charge is -2.37. The predicted octanol–water partition coefficient (Wildman–Crippen LogP) is 1.70. The fourth-order valence-electron chi connectivity index (χ4n) is 3.42. The normalized spacial score (nSPS) is 30.4. The van der Waals surface area contributed by atoms with Crippen LogP contribution in [0.3, 0.4) is 0 Å². The Morgan fingerprint density at radius 2 is 1.60 bits per heavy atom. The van der Waals surface area contributed by atoms with E-state index in [9.17, 15) is 8.42 Å². The van der Waals surface area contributed by atoms with Crippen LogP contribution >= 0.6 is 0 Å². The minimum atomic E-state index is -3.29. The van der Waals surface area contributed by atoms with Crippen molar-refractivity contribution in [2.45, 2.75) is 70.4 Å². The summed E-state index contributed by atoms with van der Waals surface area (Å²) in [5.41, 5.74) is 5.93. The Balaban J connectivity index is 2.08. The maximum Gasteiger partial charge on any atom is 0.282 e. The number of rotatable bonds is 4. The molecule has 1 saturated heterocycles. The maximum absolute atomic E-state index is 12.9. The van der Waals surface area contributed by atoms with E-state index in [2.05, 4.69) is 0 Å². The first-order valence-electron chi connectivity index (χ1n) is 8.08. The molecule has 0 radical (unpaired) electrons. The van der Waals surface area contributed by atoms with Crippen LogP contribution in [0, 0.1) is 0 Å². The van der Waals surface area contributed by atoms with Gasteiger partial charge in [0.1, 0.15) is 0 Å². The van der Waals surface area contributed by atoms with Crippen LogP contribution in [0.25, 0.3) is 0 Å². The average Bonchev–Trinajstić information content (AvgIpc) is 2.71. The molecule has 6 heteroatoms. The Hall–Kier alpha value is -0.170. The molecular formula is C14H29N3O2S. The zero-order valence-electron chi connectivity index (χ0n) is 12.6. The SMILES string of the molecule is CCN(C1CCC(N)CC1)S(=O)(=O)N1CCCCCC1. The lowest BCUT2D eigenvalue weighted by atomic mass is 9.92. The quantitative estimate of drug-likeness (QED) is 0.859. The second-order valence-electron chi connectivity index (χ2n) is 6.09. The molecule has 5 nitrogen and oxygen atoms in total. The molecule has 118 valence electrons. The van der Waals surface area contributed by atoms with Gasteiger partial charge >= 0.3 is 0 Å². The monoisotopic (exact) mass is 303 g/mol. The molecule has 0 aromatic carbocycles. The molecule has 0 spiro atoms. The van der Waals surface area contributed by atoms with Crippen LogP contribution in [-0.4, -0.2) is 48.7 Å². The van der Waals surface area contributed by atoms with E-state index in [4.69, 9.17) is 5.73 Å². The number of hydrogen-bond acceptors (Lipinski definition) is 3. The molecule has 2 N–H and O–H groups in total.